The number of nitrogens with zero attached hydrogens (tertiary/aromatic N) is 1. The molecule has 0 spiro atoms. The molecule has 82 valence electrons. The van der Waals surface area contributed by atoms with Crippen molar-refractivity contribution in [2.75, 3.05) is 5.32 Å². The monoisotopic (exact) mass is 280 g/mol. The Kier molecular flexibility index (Phi) is 3.51. The number of pyridine rings is 1. The highest BCUT2D eigenvalue weighted by atomic mass is 79.9. The zero-order chi connectivity index (χ0) is 11.4. The quantitative estimate of drug-likeness (QED) is 0.869. The zero-order valence-electron chi connectivity index (χ0n) is 8.45. The number of hydrogen-bond acceptors (Lipinski definition) is 2. The molecule has 0 atom stereocenters. The van der Waals surface area contributed by atoms with E-state index in [1.807, 2.05) is 18.2 Å². The minimum Gasteiger partial charge on any atom is -0.377 e. The molecular weight excluding hydrogens is 271 g/mol. The lowest BCUT2D eigenvalue weighted by molar-refractivity contribution is 0.630. The van der Waals surface area contributed by atoms with Crippen LogP contribution < -0.4 is 5.32 Å². The van der Waals surface area contributed by atoms with Crippen LogP contribution in [0.1, 0.15) is 5.69 Å². The van der Waals surface area contributed by atoms with Gasteiger partial charge in [0.1, 0.15) is 10.4 Å². The maximum Gasteiger partial charge on any atom is 0.146 e. The van der Waals surface area contributed by atoms with Gasteiger partial charge in [0.2, 0.25) is 0 Å². The minimum absolute atomic E-state index is 0.252. The second-order valence-corrected chi connectivity index (χ2v) is 4.10. The van der Waals surface area contributed by atoms with Crippen LogP contribution in [0.5, 0.6) is 0 Å². The number of halogens is 2. The van der Waals surface area contributed by atoms with Crippen LogP contribution in [0, 0.1) is 5.82 Å². The predicted molar refractivity (Wildman–Crippen MR) is 65.7 cm³/mol. The van der Waals surface area contributed by atoms with E-state index in [4.69, 9.17) is 0 Å². The van der Waals surface area contributed by atoms with Crippen molar-refractivity contribution in [3.05, 3.63) is 58.6 Å². The van der Waals surface area contributed by atoms with Gasteiger partial charge in [-0.25, -0.2) is 9.37 Å². The number of anilines is 1. The molecule has 0 radical (unpaired) electrons. The van der Waals surface area contributed by atoms with Crippen molar-refractivity contribution in [1.82, 2.24) is 4.98 Å². The van der Waals surface area contributed by atoms with E-state index in [-0.39, 0.29) is 5.82 Å². The Hall–Kier alpha value is -1.42. The zero-order valence-corrected chi connectivity index (χ0v) is 10.0. The standard InChI is InChI=1S/C12H10BrFN2/c13-12-7-3-4-9(16-12)8-15-11-6-2-1-5-10(11)14/h1-7,15H,8H2. The summed E-state index contributed by atoms with van der Waals surface area (Å²) in [6, 6.07) is 12.2. The van der Waals surface area contributed by atoms with E-state index >= 15 is 0 Å². The topological polar surface area (TPSA) is 24.9 Å². The van der Waals surface area contributed by atoms with Gasteiger partial charge in [-0.3, -0.25) is 0 Å². The Morgan fingerprint density at radius 1 is 1.12 bits per heavy atom. The van der Waals surface area contributed by atoms with Gasteiger partial charge in [0, 0.05) is 0 Å². The molecule has 1 aromatic carbocycles. The van der Waals surface area contributed by atoms with E-state index in [1.54, 1.807) is 18.2 Å². The summed E-state index contributed by atoms with van der Waals surface area (Å²) in [5, 5.41) is 3.00. The fourth-order valence-corrected chi connectivity index (χ4v) is 1.72. The van der Waals surface area contributed by atoms with Gasteiger partial charge in [-0.05, 0) is 40.2 Å². The highest BCUT2D eigenvalue weighted by Gasteiger charge is 2.00. The van der Waals surface area contributed by atoms with Crippen molar-refractivity contribution in [3.8, 4) is 0 Å². The maximum atomic E-state index is 13.3. The van der Waals surface area contributed by atoms with Crippen LogP contribution in [-0.2, 0) is 6.54 Å². The molecule has 1 heterocycles. The highest BCUT2D eigenvalue weighted by Crippen LogP contribution is 2.14. The summed E-state index contributed by atoms with van der Waals surface area (Å²) in [6.07, 6.45) is 0. The molecule has 0 fully saturated rings. The summed E-state index contributed by atoms with van der Waals surface area (Å²) in [7, 11) is 0. The predicted octanol–water partition coefficient (Wildman–Crippen LogP) is 3.60. The smallest absolute Gasteiger partial charge is 0.146 e. The van der Waals surface area contributed by atoms with Crippen LogP contribution in [0.2, 0.25) is 0 Å². The summed E-state index contributed by atoms with van der Waals surface area (Å²) in [4.78, 5) is 4.25. The Morgan fingerprint density at radius 2 is 1.94 bits per heavy atom. The number of para-hydroxylation sites is 1. The number of rotatable bonds is 3. The van der Waals surface area contributed by atoms with Gasteiger partial charge in [-0.1, -0.05) is 18.2 Å². The SMILES string of the molecule is Fc1ccccc1NCc1cccc(Br)n1. The number of hydrogen-bond donors (Lipinski definition) is 1. The molecular formula is C12H10BrFN2. The van der Waals surface area contributed by atoms with Crippen molar-refractivity contribution in [2.24, 2.45) is 0 Å². The fourth-order valence-electron chi connectivity index (χ4n) is 1.34. The lowest BCUT2D eigenvalue weighted by atomic mass is 10.3. The van der Waals surface area contributed by atoms with Crippen LogP contribution in [-0.4, -0.2) is 4.98 Å². The molecule has 0 aliphatic rings. The van der Waals surface area contributed by atoms with Crippen LogP contribution in [0.25, 0.3) is 0 Å². The van der Waals surface area contributed by atoms with Crippen LogP contribution >= 0.6 is 15.9 Å². The third-order valence-corrected chi connectivity index (χ3v) is 2.55. The minimum atomic E-state index is -0.252. The lowest BCUT2D eigenvalue weighted by Gasteiger charge is -2.06. The van der Waals surface area contributed by atoms with Gasteiger partial charge in [-0.15, -0.1) is 0 Å². The first-order chi connectivity index (χ1) is 7.75. The van der Waals surface area contributed by atoms with Crippen molar-refractivity contribution < 1.29 is 4.39 Å². The molecule has 2 rings (SSSR count). The summed E-state index contributed by atoms with van der Waals surface area (Å²) in [6.45, 7) is 0.500. The normalized spacial score (nSPS) is 10.1. The molecule has 0 saturated heterocycles. The third-order valence-electron chi connectivity index (χ3n) is 2.11. The van der Waals surface area contributed by atoms with Crippen molar-refractivity contribution >= 4 is 21.6 Å². The summed E-state index contributed by atoms with van der Waals surface area (Å²) in [5.41, 5.74) is 1.35. The maximum absolute atomic E-state index is 13.3. The van der Waals surface area contributed by atoms with Gasteiger partial charge in [-0.2, -0.15) is 0 Å². The number of benzene rings is 1. The molecule has 16 heavy (non-hydrogen) atoms. The third kappa shape index (κ3) is 2.79. The van der Waals surface area contributed by atoms with E-state index in [0.717, 1.165) is 10.3 Å². The average Bonchev–Trinajstić information content (AvgIpc) is 2.28. The molecule has 0 saturated carbocycles. The van der Waals surface area contributed by atoms with E-state index in [2.05, 4.69) is 26.2 Å². The molecule has 1 N–H and O–H groups in total. The Labute approximate surface area is 102 Å². The molecule has 0 amide bonds. The fraction of sp³-hybridized carbons (Fsp3) is 0.0833. The molecule has 0 aliphatic heterocycles. The van der Waals surface area contributed by atoms with Gasteiger partial charge in [0.25, 0.3) is 0 Å². The second-order valence-electron chi connectivity index (χ2n) is 3.29. The molecule has 4 heteroatoms. The number of nitrogens with one attached hydrogen (secondary N) is 1. The highest BCUT2D eigenvalue weighted by molar-refractivity contribution is 9.10. The van der Waals surface area contributed by atoms with Gasteiger partial charge in [0.05, 0.1) is 17.9 Å². The van der Waals surface area contributed by atoms with Gasteiger partial charge < -0.3 is 5.32 Å². The summed E-state index contributed by atoms with van der Waals surface area (Å²) in [5.74, 6) is -0.252. The van der Waals surface area contributed by atoms with Gasteiger partial charge >= 0.3 is 0 Å². The Balaban J connectivity index is 2.05. The first-order valence-electron chi connectivity index (χ1n) is 4.85. The molecule has 1 aromatic heterocycles. The lowest BCUT2D eigenvalue weighted by Crippen LogP contribution is -2.03. The Morgan fingerprint density at radius 3 is 2.69 bits per heavy atom. The van der Waals surface area contributed by atoms with Crippen molar-refractivity contribution in [2.45, 2.75) is 6.54 Å². The Bertz CT molecular complexity index is 488. The molecule has 0 aliphatic carbocycles. The molecule has 0 bridgehead atoms. The summed E-state index contributed by atoms with van der Waals surface area (Å²) >= 11 is 3.29. The number of aromatic nitrogens is 1. The van der Waals surface area contributed by atoms with Crippen LogP contribution in [0.15, 0.2) is 47.1 Å². The largest absolute Gasteiger partial charge is 0.377 e. The van der Waals surface area contributed by atoms with Crippen molar-refractivity contribution in [1.29, 1.82) is 0 Å². The molecule has 2 nitrogen and oxygen atoms in total. The van der Waals surface area contributed by atoms with Crippen LogP contribution in [0.3, 0.4) is 0 Å². The van der Waals surface area contributed by atoms with E-state index < -0.39 is 0 Å². The van der Waals surface area contributed by atoms with E-state index in [0.29, 0.717) is 12.2 Å². The average molecular weight is 281 g/mol. The second kappa shape index (κ2) is 5.07. The van der Waals surface area contributed by atoms with Gasteiger partial charge in [0.15, 0.2) is 0 Å². The molecule has 0 unspecified atom stereocenters. The molecule has 2 aromatic rings. The first-order valence-corrected chi connectivity index (χ1v) is 5.65. The van der Waals surface area contributed by atoms with E-state index in [9.17, 15) is 4.39 Å². The van der Waals surface area contributed by atoms with Crippen molar-refractivity contribution in [3.63, 3.8) is 0 Å². The summed E-state index contributed by atoms with van der Waals surface area (Å²) < 4.78 is 14.1. The van der Waals surface area contributed by atoms with Crippen LogP contribution in [0.4, 0.5) is 10.1 Å². The van der Waals surface area contributed by atoms with E-state index in [1.165, 1.54) is 6.07 Å². The first kappa shape index (κ1) is 11.1.